The molecule has 1 atom stereocenters. The second-order valence-electron chi connectivity index (χ2n) is 3.07. The smallest absolute Gasteiger partial charge is 0.416 e. The first-order chi connectivity index (χ1) is 6.81. The van der Waals surface area contributed by atoms with E-state index in [2.05, 4.69) is 10.3 Å². The van der Waals surface area contributed by atoms with Crippen molar-refractivity contribution in [3.05, 3.63) is 12.0 Å². The number of ether oxygens (including phenoxy) is 1. The summed E-state index contributed by atoms with van der Waals surface area (Å²) in [5, 5.41) is 2.97. The number of hydrogen-bond acceptors (Lipinski definition) is 5. The van der Waals surface area contributed by atoms with Crippen LogP contribution in [0.5, 0.6) is 0 Å². The number of nitrogens with one attached hydrogen (secondary N) is 1. The van der Waals surface area contributed by atoms with E-state index in [4.69, 9.17) is 10.5 Å². The molecule has 2 aliphatic heterocycles. The Kier molecular flexibility index (Phi) is 2.36. The Labute approximate surface area is 81.4 Å². The molecule has 6 nitrogen and oxygen atoms in total. The van der Waals surface area contributed by atoms with Gasteiger partial charge in [0.05, 0.1) is 6.54 Å². The van der Waals surface area contributed by atoms with Crippen LogP contribution in [0.15, 0.2) is 17.0 Å². The van der Waals surface area contributed by atoms with Crippen LogP contribution in [0.4, 0.5) is 4.79 Å². The topological polar surface area (TPSA) is 80.0 Å². The van der Waals surface area contributed by atoms with Crippen LogP contribution in [0.2, 0.25) is 0 Å². The summed E-state index contributed by atoms with van der Waals surface area (Å²) in [6, 6.07) is 0. The van der Waals surface area contributed by atoms with Crippen molar-refractivity contribution >= 4 is 12.3 Å². The molecule has 0 aliphatic carbocycles. The highest BCUT2D eigenvalue weighted by molar-refractivity contribution is 5.73. The van der Waals surface area contributed by atoms with Gasteiger partial charge in [0.1, 0.15) is 6.10 Å². The van der Waals surface area contributed by atoms with Crippen molar-refractivity contribution in [1.29, 1.82) is 0 Å². The monoisotopic (exact) mass is 196 g/mol. The molecule has 0 aromatic heterocycles. The van der Waals surface area contributed by atoms with Gasteiger partial charge in [-0.3, -0.25) is 4.90 Å². The summed E-state index contributed by atoms with van der Waals surface area (Å²) < 4.78 is 5.00. The summed E-state index contributed by atoms with van der Waals surface area (Å²) in [4.78, 5) is 16.9. The van der Waals surface area contributed by atoms with Crippen LogP contribution < -0.4 is 11.1 Å². The average Bonchev–Trinajstić information content (AvgIpc) is 2.61. The van der Waals surface area contributed by atoms with Gasteiger partial charge in [-0.1, -0.05) is 0 Å². The van der Waals surface area contributed by atoms with Crippen LogP contribution in [-0.2, 0) is 4.74 Å². The molecule has 0 spiro atoms. The Morgan fingerprint density at radius 1 is 1.79 bits per heavy atom. The van der Waals surface area contributed by atoms with Gasteiger partial charge in [-0.2, -0.15) is 0 Å². The molecule has 2 aliphatic rings. The lowest BCUT2D eigenvalue weighted by Gasteiger charge is -2.15. The molecule has 3 N–H and O–H groups in total. The number of hydrogen-bond donors (Lipinski definition) is 2. The number of nitrogens with two attached hydrogens (primary N) is 1. The van der Waals surface area contributed by atoms with Gasteiger partial charge in [0.2, 0.25) is 0 Å². The third-order valence-electron chi connectivity index (χ3n) is 2.08. The van der Waals surface area contributed by atoms with E-state index < -0.39 is 0 Å². The molecular formula is C8H12N4O2. The Bertz CT molecular complexity index is 300. The maximum Gasteiger partial charge on any atom is 0.416 e. The van der Waals surface area contributed by atoms with Crippen LogP contribution in [0.25, 0.3) is 0 Å². The quantitative estimate of drug-likeness (QED) is 0.608. The summed E-state index contributed by atoms with van der Waals surface area (Å²) in [6.07, 6.45) is 2.80. The Morgan fingerprint density at radius 2 is 2.64 bits per heavy atom. The van der Waals surface area contributed by atoms with Crippen molar-refractivity contribution in [1.82, 2.24) is 10.2 Å². The minimum absolute atomic E-state index is 0.222. The molecule has 0 aromatic carbocycles. The molecule has 1 fully saturated rings. The van der Waals surface area contributed by atoms with Crippen molar-refractivity contribution in [3.63, 3.8) is 0 Å². The molecule has 0 aromatic rings. The summed E-state index contributed by atoms with van der Waals surface area (Å²) in [7, 11) is 0. The molecule has 1 amide bonds. The minimum atomic E-state index is -0.382. The predicted molar refractivity (Wildman–Crippen MR) is 50.6 cm³/mol. The van der Waals surface area contributed by atoms with Gasteiger partial charge in [-0.15, -0.1) is 0 Å². The fourth-order valence-electron chi connectivity index (χ4n) is 1.36. The average molecular weight is 196 g/mol. The third kappa shape index (κ3) is 1.56. The lowest BCUT2D eigenvalue weighted by atomic mass is 10.3. The van der Waals surface area contributed by atoms with Crippen molar-refractivity contribution in [2.45, 2.75) is 6.10 Å². The number of rotatable bonds is 2. The second kappa shape index (κ2) is 3.67. The van der Waals surface area contributed by atoms with E-state index >= 15 is 0 Å². The normalized spacial score (nSPS) is 25.8. The van der Waals surface area contributed by atoms with Gasteiger partial charge in [0.25, 0.3) is 0 Å². The van der Waals surface area contributed by atoms with Crippen LogP contribution in [0, 0.1) is 0 Å². The van der Waals surface area contributed by atoms with Crippen molar-refractivity contribution in [3.8, 4) is 0 Å². The van der Waals surface area contributed by atoms with Gasteiger partial charge in [0, 0.05) is 25.5 Å². The molecule has 14 heavy (non-hydrogen) atoms. The molecule has 76 valence electrons. The molecule has 6 heteroatoms. The molecule has 0 bridgehead atoms. The number of aliphatic imine (C=N–C) groups is 1. The summed E-state index contributed by atoms with van der Waals surface area (Å²) >= 11 is 0. The number of carbonyl (C=O) groups excluding carboxylic acids is 1. The summed E-state index contributed by atoms with van der Waals surface area (Å²) in [5.41, 5.74) is 5.41. The second-order valence-corrected chi connectivity index (χ2v) is 3.07. The summed E-state index contributed by atoms with van der Waals surface area (Å²) in [6.45, 7) is 1.50. The lowest BCUT2D eigenvalue weighted by molar-refractivity contribution is 0.137. The SMILES string of the molecule is NCC1CN(C2=CNCC=N2)C(=O)O1. The molecule has 1 saturated heterocycles. The van der Waals surface area contributed by atoms with Crippen LogP contribution in [0.3, 0.4) is 0 Å². The van der Waals surface area contributed by atoms with Gasteiger partial charge >= 0.3 is 6.09 Å². The van der Waals surface area contributed by atoms with Crippen molar-refractivity contribution in [2.24, 2.45) is 10.7 Å². The molecule has 1 unspecified atom stereocenters. The maximum absolute atomic E-state index is 11.3. The Morgan fingerprint density at radius 3 is 3.21 bits per heavy atom. The maximum atomic E-state index is 11.3. The zero-order valence-electron chi connectivity index (χ0n) is 7.64. The third-order valence-corrected chi connectivity index (χ3v) is 2.08. The van der Waals surface area contributed by atoms with Gasteiger partial charge in [0.15, 0.2) is 5.82 Å². The lowest BCUT2D eigenvalue weighted by Crippen LogP contribution is -2.29. The molecule has 2 rings (SSSR count). The van der Waals surface area contributed by atoms with Crippen LogP contribution in [-0.4, -0.2) is 42.9 Å². The van der Waals surface area contributed by atoms with E-state index in [1.54, 1.807) is 12.4 Å². The van der Waals surface area contributed by atoms with Crippen LogP contribution >= 0.6 is 0 Å². The first kappa shape index (κ1) is 9.01. The van der Waals surface area contributed by atoms with Crippen LogP contribution in [0.1, 0.15) is 0 Å². The van der Waals surface area contributed by atoms with Gasteiger partial charge in [-0.25, -0.2) is 9.79 Å². The highest BCUT2D eigenvalue weighted by Crippen LogP contribution is 2.17. The first-order valence-electron chi connectivity index (χ1n) is 4.45. The van der Waals surface area contributed by atoms with Gasteiger partial charge < -0.3 is 15.8 Å². The van der Waals surface area contributed by atoms with E-state index in [1.807, 2.05) is 0 Å². The molecule has 0 radical (unpaired) electrons. The Hall–Kier alpha value is -1.56. The standard InChI is InChI=1S/C8H12N4O2/c9-3-6-5-12(8(13)14-6)7-4-10-1-2-11-7/h2,4,6,10H,1,3,5,9H2. The Balaban J connectivity index is 2.08. The number of carbonyl (C=O) groups is 1. The van der Waals surface area contributed by atoms with Gasteiger partial charge in [-0.05, 0) is 0 Å². The predicted octanol–water partition coefficient (Wildman–Crippen LogP) is -0.761. The van der Waals surface area contributed by atoms with E-state index in [0.717, 1.165) is 0 Å². The number of cyclic esters (lactones) is 1. The van der Waals surface area contributed by atoms with E-state index in [-0.39, 0.29) is 12.2 Å². The first-order valence-corrected chi connectivity index (χ1v) is 4.45. The number of nitrogens with zero attached hydrogens (tertiary/aromatic N) is 2. The fraction of sp³-hybridized carbons (Fsp3) is 0.500. The van der Waals surface area contributed by atoms with Crippen molar-refractivity contribution < 1.29 is 9.53 Å². The molecular weight excluding hydrogens is 184 g/mol. The van der Waals surface area contributed by atoms with E-state index in [1.165, 1.54) is 4.90 Å². The minimum Gasteiger partial charge on any atom is -0.443 e. The molecule has 2 heterocycles. The highest BCUT2D eigenvalue weighted by atomic mass is 16.6. The zero-order valence-corrected chi connectivity index (χ0v) is 7.64. The fourth-order valence-corrected chi connectivity index (χ4v) is 1.36. The van der Waals surface area contributed by atoms with E-state index in [9.17, 15) is 4.79 Å². The van der Waals surface area contributed by atoms with E-state index in [0.29, 0.717) is 25.5 Å². The largest absolute Gasteiger partial charge is 0.443 e. The zero-order chi connectivity index (χ0) is 9.97. The highest BCUT2D eigenvalue weighted by Gasteiger charge is 2.32. The summed E-state index contributed by atoms with van der Waals surface area (Å²) in [5.74, 6) is 0.581. The molecule has 0 saturated carbocycles. The number of amides is 1. The van der Waals surface area contributed by atoms with Crippen molar-refractivity contribution in [2.75, 3.05) is 19.6 Å².